The molecular weight excluding hydrogens is 230 g/mol. The lowest BCUT2D eigenvalue weighted by Crippen LogP contribution is -2.36. The van der Waals surface area contributed by atoms with Crippen LogP contribution in [-0.4, -0.2) is 19.1 Å². The lowest BCUT2D eigenvalue weighted by Gasteiger charge is -2.29. The Balaban J connectivity index is 1.93. The third-order valence-corrected chi connectivity index (χ3v) is 3.78. The van der Waals surface area contributed by atoms with Gasteiger partial charge < -0.3 is 14.5 Å². The van der Waals surface area contributed by atoms with E-state index in [0.29, 0.717) is 24.3 Å². The summed E-state index contributed by atoms with van der Waals surface area (Å²) in [7, 11) is 1.37. The Morgan fingerprint density at radius 1 is 1.50 bits per heavy atom. The Bertz CT molecular complexity index is 399. The average Bonchev–Trinajstić information content (AvgIpc) is 2.85. The molecule has 2 unspecified atom stereocenters. The Morgan fingerprint density at radius 2 is 2.28 bits per heavy atom. The van der Waals surface area contributed by atoms with E-state index in [-0.39, 0.29) is 0 Å². The van der Waals surface area contributed by atoms with E-state index in [9.17, 15) is 4.79 Å². The van der Waals surface area contributed by atoms with E-state index in [0.717, 1.165) is 5.56 Å². The Kier molecular flexibility index (Phi) is 4.42. The van der Waals surface area contributed by atoms with Gasteiger partial charge in [0.05, 0.1) is 13.4 Å². The van der Waals surface area contributed by atoms with E-state index in [1.54, 1.807) is 0 Å². The van der Waals surface area contributed by atoms with Gasteiger partial charge in [-0.05, 0) is 24.8 Å². The lowest BCUT2D eigenvalue weighted by atomic mass is 9.86. The van der Waals surface area contributed by atoms with Gasteiger partial charge in [0.2, 0.25) is 5.76 Å². The summed E-state index contributed by atoms with van der Waals surface area (Å²) < 4.78 is 9.86. The zero-order chi connectivity index (χ0) is 13.0. The summed E-state index contributed by atoms with van der Waals surface area (Å²) in [6.07, 6.45) is 6.66. The molecule has 2 atom stereocenters. The number of furan rings is 1. The Morgan fingerprint density at radius 3 is 3.00 bits per heavy atom. The van der Waals surface area contributed by atoms with Gasteiger partial charge in [-0.1, -0.05) is 19.8 Å². The summed E-state index contributed by atoms with van der Waals surface area (Å²) in [4.78, 5) is 11.5. The van der Waals surface area contributed by atoms with Crippen molar-refractivity contribution in [2.75, 3.05) is 7.11 Å². The molecular formula is C14H21NO3. The first-order valence-corrected chi connectivity index (χ1v) is 6.60. The summed E-state index contributed by atoms with van der Waals surface area (Å²) in [5.74, 6) is 0.606. The maximum absolute atomic E-state index is 11.5. The molecule has 1 fully saturated rings. The van der Waals surface area contributed by atoms with E-state index in [1.807, 2.05) is 6.07 Å². The minimum absolute atomic E-state index is 0.313. The fraction of sp³-hybridized carbons (Fsp3) is 0.643. The van der Waals surface area contributed by atoms with Crippen LogP contribution >= 0.6 is 0 Å². The second kappa shape index (κ2) is 6.05. The molecule has 18 heavy (non-hydrogen) atoms. The molecule has 0 amide bonds. The van der Waals surface area contributed by atoms with Crippen molar-refractivity contribution in [3.8, 4) is 0 Å². The number of methoxy groups -OCH3 is 1. The molecule has 0 aliphatic heterocycles. The molecule has 2 rings (SSSR count). The van der Waals surface area contributed by atoms with Crippen LogP contribution in [0, 0.1) is 5.92 Å². The number of hydrogen-bond donors (Lipinski definition) is 1. The molecule has 1 aromatic heterocycles. The quantitative estimate of drug-likeness (QED) is 0.836. The second-order valence-corrected chi connectivity index (χ2v) is 5.02. The van der Waals surface area contributed by atoms with Gasteiger partial charge in [-0.15, -0.1) is 0 Å². The standard InChI is InChI=1S/C14H21NO3/c1-10-5-3-4-6-12(10)15-9-11-7-8-18-13(11)14(16)17-2/h7-8,10,12,15H,3-6,9H2,1-2H3. The van der Waals surface area contributed by atoms with Crippen molar-refractivity contribution < 1.29 is 13.9 Å². The van der Waals surface area contributed by atoms with Crippen LogP contribution in [0.25, 0.3) is 0 Å². The minimum Gasteiger partial charge on any atom is -0.463 e. The van der Waals surface area contributed by atoms with Gasteiger partial charge in [-0.3, -0.25) is 0 Å². The first-order valence-electron chi connectivity index (χ1n) is 6.60. The third-order valence-electron chi connectivity index (χ3n) is 3.78. The molecule has 1 aliphatic carbocycles. The number of carbonyl (C=O) groups excluding carboxylic acids is 1. The van der Waals surface area contributed by atoms with Crippen molar-refractivity contribution in [2.24, 2.45) is 5.92 Å². The molecule has 0 bridgehead atoms. The molecule has 0 saturated heterocycles. The first-order chi connectivity index (χ1) is 8.72. The highest BCUT2D eigenvalue weighted by Gasteiger charge is 2.22. The molecule has 100 valence electrons. The van der Waals surface area contributed by atoms with E-state index < -0.39 is 5.97 Å². The SMILES string of the molecule is COC(=O)c1occc1CNC1CCCCC1C. The first kappa shape index (κ1) is 13.1. The topological polar surface area (TPSA) is 51.5 Å². The Hall–Kier alpha value is -1.29. The molecule has 1 aliphatic rings. The van der Waals surface area contributed by atoms with Crippen LogP contribution in [0.5, 0.6) is 0 Å². The number of carbonyl (C=O) groups is 1. The van der Waals surface area contributed by atoms with Gasteiger partial charge in [0.25, 0.3) is 0 Å². The van der Waals surface area contributed by atoms with Crippen LogP contribution in [0.4, 0.5) is 0 Å². The van der Waals surface area contributed by atoms with E-state index in [4.69, 9.17) is 4.42 Å². The van der Waals surface area contributed by atoms with Crippen LogP contribution < -0.4 is 5.32 Å². The van der Waals surface area contributed by atoms with Crippen LogP contribution in [0.15, 0.2) is 16.7 Å². The number of ether oxygens (including phenoxy) is 1. The fourth-order valence-corrected chi connectivity index (χ4v) is 2.61. The summed E-state index contributed by atoms with van der Waals surface area (Å²) >= 11 is 0. The molecule has 1 saturated carbocycles. The van der Waals surface area contributed by atoms with Gasteiger partial charge in [0, 0.05) is 18.2 Å². The summed E-state index contributed by atoms with van der Waals surface area (Å²) in [5, 5.41) is 3.53. The Labute approximate surface area is 108 Å². The highest BCUT2D eigenvalue weighted by Crippen LogP contribution is 2.24. The van der Waals surface area contributed by atoms with Gasteiger partial charge in [-0.2, -0.15) is 0 Å². The van der Waals surface area contributed by atoms with E-state index >= 15 is 0 Å². The van der Waals surface area contributed by atoms with Crippen LogP contribution in [0.3, 0.4) is 0 Å². The second-order valence-electron chi connectivity index (χ2n) is 5.02. The summed E-state index contributed by atoms with van der Waals surface area (Å²) in [5.41, 5.74) is 0.875. The highest BCUT2D eigenvalue weighted by molar-refractivity contribution is 5.87. The zero-order valence-electron chi connectivity index (χ0n) is 11.1. The third kappa shape index (κ3) is 2.93. The number of nitrogens with one attached hydrogen (secondary N) is 1. The smallest absolute Gasteiger partial charge is 0.374 e. The molecule has 1 heterocycles. The number of esters is 1. The van der Waals surface area contributed by atoms with Gasteiger partial charge in [0.1, 0.15) is 0 Å². The maximum Gasteiger partial charge on any atom is 0.374 e. The molecule has 0 spiro atoms. The van der Waals surface area contributed by atoms with Crippen molar-refractivity contribution in [1.29, 1.82) is 0 Å². The minimum atomic E-state index is -0.409. The normalized spacial score (nSPS) is 23.9. The number of rotatable bonds is 4. The lowest BCUT2D eigenvalue weighted by molar-refractivity contribution is 0.0563. The van der Waals surface area contributed by atoms with Gasteiger partial charge in [-0.25, -0.2) is 4.79 Å². The molecule has 4 nitrogen and oxygen atoms in total. The van der Waals surface area contributed by atoms with Crippen molar-refractivity contribution in [3.63, 3.8) is 0 Å². The highest BCUT2D eigenvalue weighted by atomic mass is 16.5. The van der Waals surface area contributed by atoms with Crippen molar-refractivity contribution in [1.82, 2.24) is 5.32 Å². The summed E-state index contributed by atoms with van der Waals surface area (Å²) in [6, 6.07) is 2.37. The van der Waals surface area contributed by atoms with Gasteiger partial charge in [0.15, 0.2) is 0 Å². The van der Waals surface area contributed by atoms with Crippen molar-refractivity contribution in [2.45, 2.75) is 45.2 Å². The largest absolute Gasteiger partial charge is 0.463 e. The monoisotopic (exact) mass is 251 g/mol. The molecule has 4 heteroatoms. The van der Waals surface area contributed by atoms with Crippen LogP contribution in [0.1, 0.15) is 48.7 Å². The molecule has 0 radical (unpaired) electrons. The average molecular weight is 251 g/mol. The predicted octanol–water partition coefficient (Wildman–Crippen LogP) is 2.73. The zero-order valence-corrected chi connectivity index (χ0v) is 11.1. The van der Waals surface area contributed by atoms with Crippen LogP contribution in [-0.2, 0) is 11.3 Å². The summed E-state index contributed by atoms with van der Waals surface area (Å²) in [6.45, 7) is 2.95. The van der Waals surface area contributed by atoms with Gasteiger partial charge >= 0.3 is 5.97 Å². The molecule has 1 aromatic rings. The predicted molar refractivity (Wildman–Crippen MR) is 68.3 cm³/mol. The van der Waals surface area contributed by atoms with E-state index in [2.05, 4.69) is 17.0 Å². The van der Waals surface area contributed by atoms with Crippen molar-refractivity contribution >= 4 is 5.97 Å². The molecule has 1 N–H and O–H groups in total. The van der Waals surface area contributed by atoms with Crippen molar-refractivity contribution in [3.05, 3.63) is 23.7 Å². The van der Waals surface area contributed by atoms with E-state index in [1.165, 1.54) is 39.1 Å². The van der Waals surface area contributed by atoms with Crippen LogP contribution in [0.2, 0.25) is 0 Å². The maximum atomic E-state index is 11.5. The number of hydrogen-bond acceptors (Lipinski definition) is 4. The fourth-order valence-electron chi connectivity index (χ4n) is 2.61. The molecule has 0 aromatic carbocycles.